The molecule has 2 aromatic carbocycles. The summed E-state index contributed by atoms with van der Waals surface area (Å²) in [5, 5.41) is 0.288. The van der Waals surface area contributed by atoms with Crippen molar-refractivity contribution in [3.8, 4) is 0 Å². The molecule has 0 aromatic heterocycles. The Bertz CT molecular complexity index is 874. The number of benzene rings is 2. The van der Waals surface area contributed by atoms with Crippen LogP contribution in [-0.2, 0) is 9.59 Å². The Kier molecular flexibility index (Phi) is 5.58. The van der Waals surface area contributed by atoms with Gasteiger partial charge in [0, 0.05) is 23.1 Å². The molecule has 0 radical (unpaired) electrons. The summed E-state index contributed by atoms with van der Waals surface area (Å²) in [6, 6.07) is 13.8. The lowest BCUT2D eigenvalue weighted by Crippen LogP contribution is -2.45. The van der Waals surface area contributed by atoms with E-state index in [-0.39, 0.29) is 29.5 Å². The molecular formula is C18H15BrClN3O3. The minimum absolute atomic E-state index is 0.0836. The molecule has 1 fully saturated rings. The zero-order valence-corrected chi connectivity index (χ0v) is 15.9. The van der Waals surface area contributed by atoms with Crippen molar-refractivity contribution in [3.63, 3.8) is 0 Å². The first-order valence-electron chi connectivity index (χ1n) is 7.86. The van der Waals surface area contributed by atoms with Crippen molar-refractivity contribution < 1.29 is 14.4 Å². The molecule has 1 unspecified atom stereocenters. The quantitative estimate of drug-likeness (QED) is 0.726. The maximum Gasteiger partial charge on any atom is 0.271 e. The minimum Gasteiger partial charge on any atom is -0.312 e. The number of nitrogens with one attached hydrogen (secondary N) is 2. The summed E-state index contributed by atoms with van der Waals surface area (Å²) in [6.45, 7) is 0.253. The van der Waals surface area contributed by atoms with E-state index in [0.717, 1.165) is 10.2 Å². The lowest BCUT2D eigenvalue weighted by Gasteiger charge is -2.17. The number of amides is 3. The van der Waals surface area contributed by atoms with Crippen LogP contribution in [-0.4, -0.2) is 24.3 Å². The van der Waals surface area contributed by atoms with Crippen LogP contribution in [0.4, 0.5) is 5.69 Å². The van der Waals surface area contributed by atoms with Crippen LogP contribution in [0, 0.1) is 5.92 Å². The zero-order valence-electron chi connectivity index (χ0n) is 13.5. The normalized spacial score (nSPS) is 16.5. The van der Waals surface area contributed by atoms with Gasteiger partial charge in [-0.2, -0.15) is 0 Å². The Morgan fingerprint density at radius 3 is 2.62 bits per heavy atom. The minimum atomic E-state index is -0.548. The molecule has 26 heavy (non-hydrogen) atoms. The van der Waals surface area contributed by atoms with Crippen molar-refractivity contribution >= 4 is 50.9 Å². The van der Waals surface area contributed by atoms with Gasteiger partial charge in [0.2, 0.25) is 11.8 Å². The lowest BCUT2D eigenvalue weighted by atomic mass is 10.1. The summed E-state index contributed by atoms with van der Waals surface area (Å²) in [4.78, 5) is 38.2. The molecule has 0 aliphatic carbocycles. The SMILES string of the molecule is O=C(NNC(=O)C1CC(=O)N(c2cccc(Br)c2)C1)c1ccccc1Cl. The van der Waals surface area contributed by atoms with Crippen LogP contribution in [0.3, 0.4) is 0 Å². The second-order valence-corrected chi connectivity index (χ2v) is 7.13. The van der Waals surface area contributed by atoms with Gasteiger partial charge in [0.15, 0.2) is 0 Å². The van der Waals surface area contributed by atoms with E-state index in [9.17, 15) is 14.4 Å². The smallest absolute Gasteiger partial charge is 0.271 e. The van der Waals surface area contributed by atoms with Crippen LogP contribution >= 0.6 is 27.5 Å². The molecule has 2 aromatic rings. The summed E-state index contributed by atoms with van der Waals surface area (Å²) in [7, 11) is 0. The average Bonchev–Trinajstić information content (AvgIpc) is 3.01. The highest BCUT2D eigenvalue weighted by atomic mass is 79.9. The predicted molar refractivity (Wildman–Crippen MR) is 102 cm³/mol. The highest BCUT2D eigenvalue weighted by molar-refractivity contribution is 9.10. The predicted octanol–water partition coefficient (Wildman–Crippen LogP) is 2.92. The lowest BCUT2D eigenvalue weighted by molar-refractivity contribution is -0.126. The highest BCUT2D eigenvalue weighted by Gasteiger charge is 2.35. The third-order valence-electron chi connectivity index (χ3n) is 4.03. The Morgan fingerprint density at radius 1 is 1.12 bits per heavy atom. The summed E-state index contributed by atoms with van der Waals surface area (Å²) in [6.07, 6.45) is 0.0836. The fraction of sp³-hybridized carbons (Fsp3) is 0.167. The second kappa shape index (κ2) is 7.88. The first-order chi connectivity index (χ1) is 12.5. The molecule has 0 saturated carbocycles. The van der Waals surface area contributed by atoms with Crippen molar-refractivity contribution in [2.45, 2.75) is 6.42 Å². The van der Waals surface area contributed by atoms with Gasteiger partial charge >= 0.3 is 0 Å². The summed E-state index contributed by atoms with van der Waals surface area (Å²) >= 11 is 9.32. The molecular weight excluding hydrogens is 422 g/mol. The Morgan fingerprint density at radius 2 is 1.88 bits per heavy atom. The number of carbonyl (C=O) groups excluding carboxylic acids is 3. The van der Waals surface area contributed by atoms with Crippen LogP contribution in [0.2, 0.25) is 5.02 Å². The van der Waals surface area contributed by atoms with Gasteiger partial charge in [0.25, 0.3) is 5.91 Å². The molecule has 8 heteroatoms. The first-order valence-corrected chi connectivity index (χ1v) is 9.03. The number of hydrogen-bond donors (Lipinski definition) is 2. The maximum atomic E-state index is 12.3. The monoisotopic (exact) mass is 435 g/mol. The Balaban J connectivity index is 1.60. The first kappa shape index (κ1) is 18.4. The Hall–Kier alpha value is -2.38. The van der Waals surface area contributed by atoms with E-state index < -0.39 is 17.7 Å². The van der Waals surface area contributed by atoms with E-state index in [1.807, 2.05) is 24.3 Å². The van der Waals surface area contributed by atoms with Crippen molar-refractivity contribution in [2.24, 2.45) is 5.92 Å². The number of rotatable bonds is 3. The van der Waals surface area contributed by atoms with Gasteiger partial charge < -0.3 is 4.90 Å². The van der Waals surface area contributed by atoms with Gasteiger partial charge in [-0.1, -0.05) is 45.7 Å². The molecule has 1 aliphatic heterocycles. The van der Waals surface area contributed by atoms with Crippen LogP contribution in [0.1, 0.15) is 16.8 Å². The fourth-order valence-electron chi connectivity index (χ4n) is 2.71. The summed E-state index contributed by atoms with van der Waals surface area (Å²) in [5.74, 6) is -1.62. The topological polar surface area (TPSA) is 78.5 Å². The van der Waals surface area contributed by atoms with E-state index in [2.05, 4.69) is 26.8 Å². The molecule has 1 atom stereocenters. The molecule has 0 spiro atoms. The van der Waals surface area contributed by atoms with Gasteiger partial charge in [-0.15, -0.1) is 0 Å². The number of hydrazine groups is 1. The summed E-state index contributed by atoms with van der Waals surface area (Å²) in [5.41, 5.74) is 5.68. The van der Waals surface area contributed by atoms with Crippen LogP contribution < -0.4 is 15.8 Å². The molecule has 1 saturated heterocycles. The molecule has 1 aliphatic rings. The number of halogens is 2. The zero-order chi connectivity index (χ0) is 18.7. The molecule has 3 amide bonds. The van der Waals surface area contributed by atoms with Crippen LogP contribution in [0.15, 0.2) is 53.0 Å². The average molecular weight is 437 g/mol. The fourth-order valence-corrected chi connectivity index (χ4v) is 3.32. The van der Waals surface area contributed by atoms with E-state index in [4.69, 9.17) is 11.6 Å². The van der Waals surface area contributed by atoms with Crippen molar-refractivity contribution in [3.05, 3.63) is 63.6 Å². The van der Waals surface area contributed by atoms with E-state index in [0.29, 0.717) is 0 Å². The van der Waals surface area contributed by atoms with Crippen LogP contribution in [0.25, 0.3) is 0 Å². The third kappa shape index (κ3) is 4.05. The van der Waals surface area contributed by atoms with E-state index in [1.165, 1.54) is 0 Å². The number of carbonyl (C=O) groups is 3. The molecule has 0 bridgehead atoms. The molecule has 1 heterocycles. The largest absolute Gasteiger partial charge is 0.312 e. The van der Waals surface area contributed by atoms with E-state index in [1.54, 1.807) is 29.2 Å². The highest BCUT2D eigenvalue weighted by Crippen LogP contribution is 2.27. The molecule has 2 N–H and O–H groups in total. The standard InChI is InChI=1S/C18H15BrClN3O3/c19-12-4-3-5-13(9-12)23-10-11(8-16(23)24)17(25)21-22-18(26)14-6-1-2-7-15(14)20/h1-7,9,11H,8,10H2,(H,21,25)(H,22,26). The van der Waals surface area contributed by atoms with Crippen molar-refractivity contribution in [1.82, 2.24) is 10.9 Å². The van der Waals surface area contributed by atoms with Crippen molar-refractivity contribution in [1.29, 1.82) is 0 Å². The molecule has 134 valence electrons. The maximum absolute atomic E-state index is 12.3. The number of hydrogen-bond acceptors (Lipinski definition) is 3. The molecule has 6 nitrogen and oxygen atoms in total. The second-order valence-electron chi connectivity index (χ2n) is 5.81. The van der Waals surface area contributed by atoms with E-state index >= 15 is 0 Å². The van der Waals surface area contributed by atoms with Crippen molar-refractivity contribution in [2.75, 3.05) is 11.4 Å². The number of anilines is 1. The summed E-state index contributed by atoms with van der Waals surface area (Å²) < 4.78 is 0.850. The Labute approximate surface area is 163 Å². The molecule has 3 rings (SSSR count). The van der Waals surface area contributed by atoms with Gasteiger partial charge in [-0.25, -0.2) is 0 Å². The number of nitrogens with zero attached hydrogens (tertiary/aromatic N) is 1. The van der Waals surface area contributed by atoms with Crippen LogP contribution in [0.5, 0.6) is 0 Å². The third-order valence-corrected chi connectivity index (χ3v) is 4.86. The van der Waals surface area contributed by atoms with Gasteiger partial charge in [-0.05, 0) is 30.3 Å². The van der Waals surface area contributed by atoms with Gasteiger partial charge in [0.1, 0.15) is 0 Å². The van der Waals surface area contributed by atoms with Gasteiger partial charge in [0.05, 0.1) is 16.5 Å². The van der Waals surface area contributed by atoms with Gasteiger partial charge in [-0.3, -0.25) is 25.2 Å².